The van der Waals surface area contributed by atoms with E-state index in [1.54, 1.807) is 0 Å². The number of hydrogen-bond donors (Lipinski definition) is 0. The van der Waals surface area contributed by atoms with Gasteiger partial charge in [-0.05, 0) is 32.4 Å². The summed E-state index contributed by atoms with van der Waals surface area (Å²) in [5.74, 6) is 0. The van der Waals surface area contributed by atoms with Gasteiger partial charge < -0.3 is 4.90 Å². The Morgan fingerprint density at radius 3 is 2.12 bits per heavy atom. The summed E-state index contributed by atoms with van der Waals surface area (Å²) in [7, 11) is 2.09. The van der Waals surface area contributed by atoms with Crippen molar-refractivity contribution in [3.05, 3.63) is 48.2 Å². The first-order valence-corrected chi connectivity index (χ1v) is 6.04. The third kappa shape index (κ3) is 6.28. The Hall–Kier alpha value is -1.24. The lowest BCUT2D eigenvalue weighted by Gasteiger charge is -2.21. The van der Waals surface area contributed by atoms with Crippen LogP contribution in [0.4, 0.5) is 0 Å². The Morgan fingerprint density at radius 1 is 1.25 bits per heavy atom. The molecule has 0 atom stereocenters. The number of allylic oxidation sites excluding steroid dienone is 5. The van der Waals surface area contributed by atoms with Crippen molar-refractivity contribution in [1.82, 2.24) is 4.90 Å². The minimum absolute atomic E-state index is 0.995. The van der Waals surface area contributed by atoms with Gasteiger partial charge in [-0.3, -0.25) is 0 Å². The highest BCUT2D eigenvalue weighted by molar-refractivity contribution is 5.39. The lowest BCUT2D eigenvalue weighted by molar-refractivity contribution is 0.452. The van der Waals surface area contributed by atoms with E-state index in [1.807, 2.05) is 39.8 Å². The predicted octanol–water partition coefficient (Wildman–Crippen LogP) is 4.56. The van der Waals surface area contributed by atoms with Crippen LogP contribution in [0.25, 0.3) is 0 Å². The second-order valence-corrected chi connectivity index (χ2v) is 3.04. The van der Waals surface area contributed by atoms with Gasteiger partial charge in [0.1, 0.15) is 0 Å². The summed E-state index contributed by atoms with van der Waals surface area (Å²) in [5.41, 5.74) is 2.38. The first-order valence-electron chi connectivity index (χ1n) is 6.04. The molecule has 0 amide bonds. The second kappa shape index (κ2) is 11.8. The van der Waals surface area contributed by atoms with Crippen molar-refractivity contribution in [3.8, 4) is 0 Å². The van der Waals surface area contributed by atoms with E-state index in [-0.39, 0.29) is 0 Å². The average Bonchev–Trinajstić information content (AvgIpc) is 2.36. The van der Waals surface area contributed by atoms with Gasteiger partial charge in [0, 0.05) is 19.3 Å². The van der Waals surface area contributed by atoms with Crippen molar-refractivity contribution < 1.29 is 0 Å². The summed E-state index contributed by atoms with van der Waals surface area (Å²) < 4.78 is 0. The van der Waals surface area contributed by atoms with Crippen LogP contribution < -0.4 is 0 Å². The van der Waals surface area contributed by atoms with Crippen LogP contribution in [-0.4, -0.2) is 18.5 Å². The first-order chi connectivity index (χ1) is 7.71. The largest absolute Gasteiger partial charge is 0.374 e. The van der Waals surface area contributed by atoms with Gasteiger partial charge in [-0.25, -0.2) is 0 Å². The lowest BCUT2D eigenvalue weighted by atomic mass is 10.1. The van der Waals surface area contributed by atoms with E-state index in [0.29, 0.717) is 0 Å². The molecule has 0 N–H and O–H groups in total. The van der Waals surface area contributed by atoms with E-state index in [4.69, 9.17) is 0 Å². The number of likely N-dealkylation sites (N-methyl/N-ethyl adjacent to an activating group) is 1. The molecule has 1 nitrogen and oxygen atoms in total. The van der Waals surface area contributed by atoms with Crippen molar-refractivity contribution >= 4 is 0 Å². The van der Waals surface area contributed by atoms with Crippen molar-refractivity contribution in [2.45, 2.75) is 34.6 Å². The zero-order valence-electron chi connectivity index (χ0n) is 11.7. The third-order valence-electron chi connectivity index (χ3n) is 2.16. The predicted molar refractivity (Wildman–Crippen MR) is 76.5 cm³/mol. The molecule has 0 spiro atoms. The summed E-state index contributed by atoms with van der Waals surface area (Å²) in [6, 6.07) is 0. The summed E-state index contributed by atoms with van der Waals surface area (Å²) in [6.07, 6.45) is 10.2. The molecule has 0 heterocycles. The zero-order chi connectivity index (χ0) is 13.0. The minimum Gasteiger partial charge on any atom is -0.374 e. The standard InChI is InChI=1S/C13H21N.C2H6/c1-6-10-11-13(14(5)9-4)12(7-2)8-3;1-2/h6-8,10-11H,2,9H2,1,3-5H3;1-2H3/b10-6-,12-8-,13-11+;. The normalized spacial score (nSPS) is 12.1. The van der Waals surface area contributed by atoms with E-state index in [1.165, 1.54) is 11.3 Å². The van der Waals surface area contributed by atoms with E-state index in [0.717, 1.165) is 6.54 Å². The molecule has 0 aliphatic carbocycles. The van der Waals surface area contributed by atoms with E-state index in [2.05, 4.69) is 43.7 Å². The summed E-state index contributed by atoms with van der Waals surface area (Å²) in [6.45, 7) is 15.0. The van der Waals surface area contributed by atoms with Crippen LogP contribution in [0, 0.1) is 0 Å². The van der Waals surface area contributed by atoms with Crippen LogP contribution in [0.1, 0.15) is 34.6 Å². The van der Waals surface area contributed by atoms with Crippen LogP contribution in [-0.2, 0) is 0 Å². The molecular weight excluding hydrogens is 194 g/mol. The first kappa shape index (κ1) is 17.2. The summed E-state index contributed by atoms with van der Waals surface area (Å²) >= 11 is 0. The van der Waals surface area contributed by atoms with Crippen LogP contribution in [0.2, 0.25) is 0 Å². The van der Waals surface area contributed by atoms with E-state index >= 15 is 0 Å². The van der Waals surface area contributed by atoms with Crippen LogP contribution in [0.3, 0.4) is 0 Å². The van der Waals surface area contributed by atoms with Gasteiger partial charge >= 0.3 is 0 Å². The molecule has 1 heteroatoms. The Kier molecular flexibility index (Phi) is 12.7. The molecule has 0 saturated carbocycles. The summed E-state index contributed by atoms with van der Waals surface area (Å²) in [5, 5.41) is 0. The van der Waals surface area contributed by atoms with Gasteiger partial charge in [0.2, 0.25) is 0 Å². The number of nitrogens with zero attached hydrogens (tertiary/aromatic N) is 1. The third-order valence-corrected chi connectivity index (χ3v) is 2.16. The Bertz CT molecular complexity index is 257. The molecule has 16 heavy (non-hydrogen) atoms. The van der Waals surface area contributed by atoms with Crippen LogP contribution in [0.15, 0.2) is 48.2 Å². The highest BCUT2D eigenvalue weighted by Gasteiger charge is 2.03. The van der Waals surface area contributed by atoms with Crippen LogP contribution in [0.5, 0.6) is 0 Å². The molecule has 0 aromatic heterocycles. The molecule has 0 aromatic carbocycles. The van der Waals surface area contributed by atoms with Crippen molar-refractivity contribution in [1.29, 1.82) is 0 Å². The fourth-order valence-corrected chi connectivity index (χ4v) is 1.17. The Morgan fingerprint density at radius 2 is 1.81 bits per heavy atom. The fraction of sp³-hybridized carbons (Fsp3) is 0.467. The molecule has 0 rings (SSSR count). The monoisotopic (exact) mass is 221 g/mol. The molecule has 92 valence electrons. The van der Waals surface area contributed by atoms with Gasteiger partial charge in [0.25, 0.3) is 0 Å². The topological polar surface area (TPSA) is 3.24 Å². The van der Waals surface area contributed by atoms with Gasteiger partial charge in [-0.15, -0.1) is 0 Å². The highest BCUT2D eigenvalue weighted by Crippen LogP contribution is 2.14. The van der Waals surface area contributed by atoms with Crippen molar-refractivity contribution in [3.63, 3.8) is 0 Å². The quantitative estimate of drug-likeness (QED) is 0.615. The van der Waals surface area contributed by atoms with Gasteiger partial charge in [0.05, 0.1) is 0 Å². The van der Waals surface area contributed by atoms with Gasteiger partial charge in [0.15, 0.2) is 0 Å². The van der Waals surface area contributed by atoms with Crippen LogP contribution >= 0.6 is 0 Å². The average molecular weight is 221 g/mol. The van der Waals surface area contributed by atoms with Gasteiger partial charge in [-0.2, -0.15) is 0 Å². The minimum atomic E-state index is 0.995. The number of hydrogen-bond acceptors (Lipinski definition) is 1. The highest BCUT2D eigenvalue weighted by atomic mass is 15.1. The lowest BCUT2D eigenvalue weighted by Crippen LogP contribution is -2.17. The molecule has 0 aliphatic heterocycles. The number of rotatable bonds is 5. The molecule has 0 radical (unpaired) electrons. The maximum absolute atomic E-state index is 3.82. The fourth-order valence-electron chi connectivity index (χ4n) is 1.17. The SMILES string of the molecule is C=CC(=C/C)/C(=C\C=C/C)N(C)CC.CC. The Balaban J connectivity index is 0. The van der Waals surface area contributed by atoms with Crippen molar-refractivity contribution in [2.75, 3.05) is 13.6 Å². The molecule has 0 bridgehead atoms. The maximum atomic E-state index is 3.82. The molecule has 0 aliphatic rings. The smallest absolute Gasteiger partial charge is 0.0433 e. The van der Waals surface area contributed by atoms with Gasteiger partial charge in [-0.1, -0.05) is 44.7 Å². The maximum Gasteiger partial charge on any atom is 0.0433 e. The molecule has 0 fully saturated rings. The Labute approximate surface area is 102 Å². The molecular formula is C15H27N. The molecule has 0 unspecified atom stereocenters. The van der Waals surface area contributed by atoms with Crippen molar-refractivity contribution in [2.24, 2.45) is 0 Å². The molecule has 0 aromatic rings. The molecule has 0 saturated heterocycles. The van der Waals surface area contributed by atoms with E-state index in [9.17, 15) is 0 Å². The second-order valence-electron chi connectivity index (χ2n) is 3.04. The van der Waals surface area contributed by atoms with E-state index < -0.39 is 0 Å². The zero-order valence-corrected chi connectivity index (χ0v) is 11.7. The summed E-state index contributed by atoms with van der Waals surface area (Å²) in [4.78, 5) is 2.21.